The van der Waals surface area contributed by atoms with Gasteiger partial charge in [0.1, 0.15) is 4.70 Å². The van der Waals surface area contributed by atoms with Crippen LogP contribution in [0.25, 0.3) is 16.3 Å². The van der Waals surface area contributed by atoms with Gasteiger partial charge in [0.15, 0.2) is 6.54 Å². The molecule has 1 aliphatic rings. The second kappa shape index (κ2) is 10.5. The van der Waals surface area contributed by atoms with Gasteiger partial charge in [-0.05, 0) is 62.6 Å². The largest absolute Gasteiger partial charge is 0.335 e. The van der Waals surface area contributed by atoms with Crippen LogP contribution in [0.15, 0.2) is 70.1 Å². The number of benzene rings is 2. The number of allylic oxidation sites excluding steroid dienone is 2. The summed E-state index contributed by atoms with van der Waals surface area (Å²) >= 11 is 3.78. The lowest BCUT2D eigenvalue weighted by Crippen LogP contribution is -2.35. The highest BCUT2D eigenvalue weighted by atomic mass is 32.2. The van der Waals surface area contributed by atoms with Crippen molar-refractivity contribution in [3.8, 4) is 0 Å². The van der Waals surface area contributed by atoms with E-state index < -0.39 is 0 Å². The van der Waals surface area contributed by atoms with Gasteiger partial charge in [-0.15, -0.1) is 0 Å². The molecular weight excluding hydrogens is 418 g/mol. The SMILES string of the molecule is CCC(=Cc1sc2ccccc2[n+]1CCCCCN)C=C1Sc2ccccc2N1CC. The molecule has 1 aliphatic heterocycles. The van der Waals surface area contributed by atoms with E-state index in [2.05, 4.69) is 84.0 Å². The molecule has 1 aromatic heterocycles. The fourth-order valence-electron chi connectivity index (χ4n) is 4.03. The summed E-state index contributed by atoms with van der Waals surface area (Å²) < 4.78 is 3.85. The van der Waals surface area contributed by atoms with Gasteiger partial charge < -0.3 is 10.6 Å². The molecule has 0 fully saturated rings. The Balaban J connectivity index is 1.67. The molecule has 2 aromatic carbocycles. The molecule has 0 spiro atoms. The Bertz CT molecular complexity index is 1100. The number of fused-ring (bicyclic) bond motifs is 2. The lowest BCUT2D eigenvalue weighted by atomic mass is 10.2. The minimum Gasteiger partial charge on any atom is -0.335 e. The predicted octanol–water partition coefficient (Wildman–Crippen LogP) is 6.58. The summed E-state index contributed by atoms with van der Waals surface area (Å²) in [6.45, 7) is 7.29. The Morgan fingerprint density at radius 3 is 2.65 bits per heavy atom. The predicted molar refractivity (Wildman–Crippen MR) is 137 cm³/mol. The highest BCUT2D eigenvalue weighted by Crippen LogP contribution is 2.46. The van der Waals surface area contributed by atoms with Crippen LogP contribution in [-0.2, 0) is 6.54 Å². The summed E-state index contributed by atoms with van der Waals surface area (Å²) in [6.07, 6.45) is 9.25. The van der Waals surface area contributed by atoms with Gasteiger partial charge in [-0.25, -0.2) is 0 Å². The summed E-state index contributed by atoms with van der Waals surface area (Å²) in [5.41, 5.74) is 9.74. The van der Waals surface area contributed by atoms with Crippen LogP contribution in [0.1, 0.15) is 44.5 Å². The Labute approximate surface area is 194 Å². The van der Waals surface area contributed by atoms with E-state index in [1.165, 1.54) is 49.3 Å². The van der Waals surface area contributed by atoms with Crippen LogP contribution in [0.3, 0.4) is 0 Å². The van der Waals surface area contributed by atoms with E-state index in [1.54, 1.807) is 0 Å². The van der Waals surface area contributed by atoms with Crippen molar-refractivity contribution in [2.75, 3.05) is 18.0 Å². The van der Waals surface area contributed by atoms with Gasteiger partial charge in [-0.3, -0.25) is 0 Å². The zero-order valence-corrected chi connectivity index (χ0v) is 20.1. The van der Waals surface area contributed by atoms with Crippen molar-refractivity contribution in [1.29, 1.82) is 0 Å². The second-order valence-electron chi connectivity index (χ2n) is 7.78. The molecule has 0 atom stereocenters. The van der Waals surface area contributed by atoms with Crippen LogP contribution in [-0.4, -0.2) is 13.1 Å². The fourth-order valence-corrected chi connectivity index (χ4v) is 6.40. The van der Waals surface area contributed by atoms with Gasteiger partial charge in [0.2, 0.25) is 5.52 Å². The molecule has 0 aliphatic carbocycles. The van der Waals surface area contributed by atoms with Crippen molar-refractivity contribution < 1.29 is 4.57 Å². The lowest BCUT2D eigenvalue weighted by Gasteiger charge is -2.18. The highest BCUT2D eigenvalue weighted by Gasteiger charge is 2.24. The second-order valence-corrected chi connectivity index (χ2v) is 9.90. The smallest absolute Gasteiger partial charge is 0.263 e. The maximum atomic E-state index is 5.70. The van der Waals surface area contributed by atoms with Crippen molar-refractivity contribution in [2.24, 2.45) is 5.73 Å². The monoisotopic (exact) mass is 450 g/mol. The van der Waals surface area contributed by atoms with E-state index in [4.69, 9.17) is 5.73 Å². The fraction of sp³-hybridized carbons (Fsp3) is 0.346. The lowest BCUT2D eigenvalue weighted by molar-refractivity contribution is -0.669. The molecular formula is C26H32N3S2+. The Kier molecular flexibility index (Phi) is 7.49. The number of aryl methyl sites for hydroxylation is 1. The molecule has 162 valence electrons. The van der Waals surface area contributed by atoms with Gasteiger partial charge in [-0.2, -0.15) is 4.57 Å². The van der Waals surface area contributed by atoms with E-state index in [9.17, 15) is 0 Å². The number of para-hydroxylation sites is 2. The average Bonchev–Trinajstić information content (AvgIpc) is 3.33. The van der Waals surface area contributed by atoms with Gasteiger partial charge in [0.25, 0.3) is 5.01 Å². The van der Waals surface area contributed by atoms with E-state index in [0.717, 1.165) is 32.5 Å². The average molecular weight is 451 g/mol. The first-order chi connectivity index (χ1) is 15.2. The number of nitrogens with two attached hydrogens (primary N) is 1. The van der Waals surface area contributed by atoms with Crippen molar-refractivity contribution in [2.45, 2.75) is 51.0 Å². The van der Waals surface area contributed by atoms with Gasteiger partial charge in [-0.1, -0.05) is 54.3 Å². The number of thioether (sulfide) groups is 1. The number of rotatable bonds is 9. The van der Waals surface area contributed by atoms with Gasteiger partial charge >= 0.3 is 0 Å². The minimum absolute atomic E-state index is 0.781. The molecule has 0 saturated carbocycles. The molecule has 0 radical (unpaired) electrons. The standard InChI is InChI=1S/C26H32N3S2/c1-3-20(18-25-28(4-2)21-12-6-8-14-23(21)30-25)19-26-29(17-11-5-10-16-27)22-13-7-9-15-24(22)31-26/h6-9,12-15,18-19H,3-5,10-11,16-17,27H2,1-2H3/q+1. The number of hydrogen-bond acceptors (Lipinski definition) is 4. The highest BCUT2D eigenvalue weighted by molar-refractivity contribution is 8.03. The molecule has 31 heavy (non-hydrogen) atoms. The van der Waals surface area contributed by atoms with E-state index in [-0.39, 0.29) is 0 Å². The third kappa shape index (κ3) is 4.89. The third-order valence-electron chi connectivity index (χ3n) is 5.70. The number of aromatic nitrogens is 1. The minimum atomic E-state index is 0.781. The van der Waals surface area contributed by atoms with Crippen LogP contribution in [0.5, 0.6) is 0 Å². The number of hydrogen-bond donors (Lipinski definition) is 1. The van der Waals surface area contributed by atoms with E-state index in [1.807, 2.05) is 23.1 Å². The molecule has 0 unspecified atom stereocenters. The first-order valence-corrected chi connectivity index (χ1v) is 13.0. The van der Waals surface area contributed by atoms with E-state index >= 15 is 0 Å². The maximum Gasteiger partial charge on any atom is 0.263 e. The molecule has 3 nitrogen and oxygen atoms in total. The quantitative estimate of drug-likeness (QED) is 0.295. The number of nitrogens with zero attached hydrogens (tertiary/aromatic N) is 2. The zero-order chi connectivity index (χ0) is 21.6. The van der Waals surface area contributed by atoms with Crippen molar-refractivity contribution in [3.05, 3.63) is 70.2 Å². The molecule has 2 N–H and O–H groups in total. The zero-order valence-electron chi connectivity index (χ0n) is 18.5. The van der Waals surface area contributed by atoms with E-state index in [0.29, 0.717) is 0 Å². The van der Waals surface area contributed by atoms with Crippen LogP contribution >= 0.6 is 23.1 Å². The third-order valence-corrected chi connectivity index (χ3v) is 7.93. The Hall–Kier alpha value is -2.08. The van der Waals surface area contributed by atoms with Crippen molar-refractivity contribution in [3.63, 3.8) is 0 Å². The van der Waals surface area contributed by atoms with Gasteiger partial charge in [0.05, 0.1) is 10.7 Å². The van der Waals surface area contributed by atoms with Crippen LogP contribution in [0.4, 0.5) is 5.69 Å². The maximum absolute atomic E-state index is 5.70. The number of unbranched alkanes of at least 4 members (excludes halogenated alkanes) is 2. The number of thiazole rings is 1. The topological polar surface area (TPSA) is 33.1 Å². The summed E-state index contributed by atoms with van der Waals surface area (Å²) in [6, 6.07) is 17.5. The van der Waals surface area contributed by atoms with Crippen molar-refractivity contribution >= 4 is 45.1 Å². The summed E-state index contributed by atoms with van der Waals surface area (Å²) in [5.74, 6) is 0. The molecule has 2 heterocycles. The molecule has 3 aromatic rings. The molecule has 0 saturated heterocycles. The first kappa shape index (κ1) is 22.1. The Morgan fingerprint density at radius 1 is 1.03 bits per heavy atom. The summed E-state index contributed by atoms with van der Waals surface area (Å²) in [5, 5.41) is 2.67. The molecule has 5 heteroatoms. The first-order valence-electron chi connectivity index (χ1n) is 11.3. The summed E-state index contributed by atoms with van der Waals surface area (Å²) in [4.78, 5) is 3.78. The van der Waals surface area contributed by atoms with Crippen LogP contribution < -0.4 is 15.2 Å². The molecule has 0 amide bonds. The number of anilines is 1. The molecule has 4 rings (SSSR count). The van der Waals surface area contributed by atoms with Crippen LogP contribution in [0, 0.1) is 0 Å². The van der Waals surface area contributed by atoms with Crippen molar-refractivity contribution in [1.82, 2.24) is 0 Å². The summed E-state index contributed by atoms with van der Waals surface area (Å²) in [7, 11) is 0. The van der Waals surface area contributed by atoms with Crippen LogP contribution in [0.2, 0.25) is 0 Å². The normalized spacial score (nSPS) is 15.3. The Morgan fingerprint density at radius 2 is 1.84 bits per heavy atom. The molecule has 0 bridgehead atoms. The van der Waals surface area contributed by atoms with Gasteiger partial charge in [0, 0.05) is 30.0 Å².